The first kappa shape index (κ1) is 15.6. The molecule has 0 amide bonds. The normalized spacial score (nSPS) is 13.7. The van der Waals surface area contributed by atoms with E-state index in [1.165, 1.54) is 0 Å². The topological polar surface area (TPSA) is 48.1 Å². The number of aryl methyl sites for hydroxylation is 1. The van der Waals surface area contributed by atoms with Crippen molar-refractivity contribution in [3.63, 3.8) is 0 Å². The van der Waals surface area contributed by atoms with E-state index in [0.29, 0.717) is 0 Å². The molecule has 7 heteroatoms. The monoisotopic (exact) mass is 325 g/mol. The predicted octanol–water partition coefficient (Wildman–Crippen LogP) is 2.81. The van der Waals surface area contributed by atoms with Crippen LogP contribution in [-0.2, 0) is 0 Å². The van der Waals surface area contributed by atoms with Gasteiger partial charge >= 0.3 is 0 Å². The number of hydrogen-bond donors (Lipinski definition) is 0. The van der Waals surface area contributed by atoms with E-state index in [1.807, 2.05) is 42.1 Å². The number of halogens is 1. The molecule has 0 fully saturated rings. The molecular formula is C14H16ClN3O2S. The summed E-state index contributed by atoms with van der Waals surface area (Å²) in [6.07, 6.45) is 1.80. The van der Waals surface area contributed by atoms with Crippen LogP contribution in [0.3, 0.4) is 0 Å². The van der Waals surface area contributed by atoms with Crippen molar-refractivity contribution in [1.82, 2.24) is 4.68 Å². The van der Waals surface area contributed by atoms with Crippen molar-refractivity contribution in [3.8, 4) is 11.5 Å². The summed E-state index contributed by atoms with van der Waals surface area (Å²) in [4.78, 5) is 5.33. The summed E-state index contributed by atoms with van der Waals surface area (Å²) in [6, 6.07) is 5.77. The van der Waals surface area contributed by atoms with Gasteiger partial charge in [-0.15, -0.1) is 23.7 Å². The Hall–Kier alpha value is -1.79. The van der Waals surface area contributed by atoms with E-state index in [4.69, 9.17) is 9.47 Å². The van der Waals surface area contributed by atoms with Crippen molar-refractivity contribution >= 4 is 30.0 Å². The first-order valence-electron chi connectivity index (χ1n) is 6.39. The molecule has 1 aliphatic heterocycles. The maximum absolute atomic E-state index is 5.36. The highest BCUT2D eigenvalue weighted by Crippen LogP contribution is 2.31. The number of thiazole rings is 1. The maximum Gasteiger partial charge on any atom is 0.231 e. The third-order valence-corrected chi connectivity index (χ3v) is 3.83. The molecule has 1 aliphatic rings. The quantitative estimate of drug-likeness (QED) is 0.815. The molecule has 0 spiro atoms. The van der Waals surface area contributed by atoms with Crippen LogP contribution in [-0.4, -0.2) is 24.2 Å². The Labute approximate surface area is 133 Å². The Balaban J connectivity index is 0.00000161. The van der Waals surface area contributed by atoms with Gasteiger partial charge in [-0.3, -0.25) is 4.99 Å². The van der Waals surface area contributed by atoms with Crippen molar-refractivity contribution < 1.29 is 9.47 Å². The molecule has 3 rings (SSSR count). The Bertz CT molecular complexity index is 721. The standard InChI is InChI=1S/C14H15N3O2S.ClH/c1-3-15-14-17(10(2)8-20-14)16-7-11-4-5-12-13(6-11)19-9-18-12;/h4-8H,3,9H2,1-2H3;1H/b15-14?,16-7+;. The number of aromatic nitrogens is 1. The Morgan fingerprint density at radius 3 is 2.95 bits per heavy atom. The molecule has 21 heavy (non-hydrogen) atoms. The number of benzene rings is 1. The summed E-state index contributed by atoms with van der Waals surface area (Å²) in [7, 11) is 0. The fourth-order valence-electron chi connectivity index (χ4n) is 1.89. The summed E-state index contributed by atoms with van der Waals surface area (Å²) in [6.45, 7) is 5.07. The molecule has 0 radical (unpaired) electrons. The van der Waals surface area contributed by atoms with Crippen LogP contribution in [0.25, 0.3) is 0 Å². The van der Waals surface area contributed by atoms with Gasteiger partial charge in [-0.05, 0) is 37.6 Å². The predicted molar refractivity (Wildman–Crippen MR) is 86.0 cm³/mol. The van der Waals surface area contributed by atoms with E-state index >= 15 is 0 Å². The zero-order valence-corrected chi connectivity index (χ0v) is 13.4. The highest BCUT2D eigenvalue weighted by atomic mass is 35.5. The molecule has 1 aromatic heterocycles. The van der Waals surface area contributed by atoms with E-state index < -0.39 is 0 Å². The molecule has 0 atom stereocenters. The van der Waals surface area contributed by atoms with Crippen LogP contribution in [0.2, 0.25) is 0 Å². The second kappa shape index (κ2) is 6.78. The lowest BCUT2D eigenvalue weighted by Crippen LogP contribution is -2.12. The lowest BCUT2D eigenvalue weighted by Gasteiger charge is -1.99. The van der Waals surface area contributed by atoms with E-state index in [9.17, 15) is 0 Å². The van der Waals surface area contributed by atoms with E-state index in [0.717, 1.165) is 34.1 Å². The minimum Gasteiger partial charge on any atom is -0.454 e. The van der Waals surface area contributed by atoms with Gasteiger partial charge in [0.1, 0.15) is 0 Å². The molecule has 0 saturated heterocycles. The average Bonchev–Trinajstić information content (AvgIpc) is 3.04. The maximum atomic E-state index is 5.36. The van der Waals surface area contributed by atoms with Crippen LogP contribution in [0.4, 0.5) is 0 Å². The third-order valence-electron chi connectivity index (χ3n) is 2.86. The number of fused-ring (bicyclic) bond motifs is 1. The van der Waals surface area contributed by atoms with Crippen LogP contribution in [0.1, 0.15) is 18.2 Å². The van der Waals surface area contributed by atoms with Crippen LogP contribution in [0, 0.1) is 6.92 Å². The first-order valence-corrected chi connectivity index (χ1v) is 7.27. The molecule has 112 valence electrons. The SMILES string of the molecule is CCN=c1scc(C)n1/N=C/c1ccc2c(c1)OCO2.Cl. The van der Waals surface area contributed by atoms with E-state index in [-0.39, 0.29) is 19.2 Å². The molecule has 5 nitrogen and oxygen atoms in total. The summed E-state index contributed by atoms with van der Waals surface area (Å²) in [5, 5.41) is 6.54. The van der Waals surface area contributed by atoms with Crippen LogP contribution < -0.4 is 14.3 Å². The van der Waals surface area contributed by atoms with Crippen LogP contribution >= 0.6 is 23.7 Å². The molecule has 0 saturated carbocycles. The minimum absolute atomic E-state index is 0. The molecule has 2 heterocycles. The van der Waals surface area contributed by atoms with Gasteiger partial charge in [-0.1, -0.05) is 0 Å². The molecular weight excluding hydrogens is 310 g/mol. The highest BCUT2D eigenvalue weighted by Gasteiger charge is 2.12. The van der Waals surface area contributed by atoms with Gasteiger partial charge < -0.3 is 9.47 Å². The third kappa shape index (κ3) is 3.28. The summed E-state index contributed by atoms with van der Waals surface area (Å²) < 4.78 is 12.5. The zero-order chi connectivity index (χ0) is 13.9. The van der Waals surface area contributed by atoms with Gasteiger partial charge in [0.25, 0.3) is 0 Å². The van der Waals surface area contributed by atoms with Gasteiger partial charge in [-0.25, -0.2) is 4.68 Å². The van der Waals surface area contributed by atoms with Gasteiger partial charge in [-0.2, -0.15) is 5.10 Å². The Morgan fingerprint density at radius 2 is 2.14 bits per heavy atom. The molecule has 0 aliphatic carbocycles. The van der Waals surface area contributed by atoms with E-state index in [2.05, 4.69) is 10.1 Å². The van der Waals surface area contributed by atoms with Crippen molar-refractivity contribution in [3.05, 3.63) is 39.6 Å². The van der Waals surface area contributed by atoms with Crippen molar-refractivity contribution in [2.75, 3.05) is 13.3 Å². The highest BCUT2D eigenvalue weighted by molar-refractivity contribution is 7.07. The smallest absolute Gasteiger partial charge is 0.231 e. The number of nitrogens with zero attached hydrogens (tertiary/aromatic N) is 3. The molecule has 2 aromatic rings. The second-order valence-corrected chi connectivity index (χ2v) is 5.14. The lowest BCUT2D eigenvalue weighted by atomic mass is 10.2. The van der Waals surface area contributed by atoms with Gasteiger partial charge in [0, 0.05) is 11.9 Å². The molecule has 0 bridgehead atoms. The summed E-state index contributed by atoms with van der Waals surface area (Å²) in [5.41, 5.74) is 2.04. The van der Waals surface area contributed by atoms with Crippen molar-refractivity contribution in [1.29, 1.82) is 0 Å². The average molecular weight is 326 g/mol. The molecule has 0 unspecified atom stereocenters. The van der Waals surface area contributed by atoms with Gasteiger partial charge in [0.05, 0.1) is 11.9 Å². The Kier molecular flexibility index (Phi) is 5.03. The molecule has 1 aromatic carbocycles. The second-order valence-electron chi connectivity index (χ2n) is 4.30. The zero-order valence-electron chi connectivity index (χ0n) is 11.8. The largest absolute Gasteiger partial charge is 0.454 e. The first-order chi connectivity index (χ1) is 9.78. The van der Waals surface area contributed by atoms with Crippen molar-refractivity contribution in [2.24, 2.45) is 10.1 Å². The van der Waals surface area contributed by atoms with Gasteiger partial charge in [0.2, 0.25) is 11.6 Å². The fourth-order valence-corrected chi connectivity index (χ4v) is 2.76. The fraction of sp³-hybridized carbons (Fsp3) is 0.286. The Morgan fingerprint density at radius 1 is 1.33 bits per heavy atom. The summed E-state index contributed by atoms with van der Waals surface area (Å²) >= 11 is 1.59. The van der Waals surface area contributed by atoms with Crippen LogP contribution in [0.15, 0.2) is 33.7 Å². The van der Waals surface area contributed by atoms with Crippen LogP contribution in [0.5, 0.6) is 11.5 Å². The number of hydrogen-bond acceptors (Lipinski definition) is 5. The lowest BCUT2D eigenvalue weighted by molar-refractivity contribution is 0.174. The minimum atomic E-state index is 0. The van der Waals surface area contributed by atoms with E-state index in [1.54, 1.807) is 17.6 Å². The summed E-state index contributed by atoms with van der Waals surface area (Å²) in [5.74, 6) is 1.54. The van der Waals surface area contributed by atoms with Gasteiger partial charge in [0.15, 0.2) is 11.5 Å². The number of rotatable bonds is 3. The van der Waals surface area contributed by atoms with Crippen molar-refractivity contribution in [2.45, 2.75) is 13.8 Å². The molecule has 0 N–H and O–H groups in total. The number of ether oxygens (including phenoxy) is 2.